The lowest BCUT2D eigenvalue weighted by Crippen LogP contribution is -2.51. The minimum atomic E-state index is -0.651. The molecule has 3 heterocycles. The van der Waals surface area contributed by atoms with Crippen molar-refractivity contribution in [1.29, 1.82) is 0 Å². The third-order valence-electron chi connectivity index (χ3n) is 5.52. The van der Waals surface area contributed by atoms with Gasteiger partial charge < -0.3 is 21.1 Å². The van der Waals surface area contributed by atoms with Crippen molar-refractivity contribution in [2.45, 2.75) is 24.5 Å². The number of anilines is 1. The van der Waals surface area contributed by atoms with Crippen LogP contribution in [0.25, 0.3) is 0 Å². The number of rotatable bonds is 8. The number of nitrogens with one attached hydrogen (secondary N) is 3. The average molecular weight is 774 g/mol. The van der Waals surface area contributed by atoms with Crippen LogP contribution in [-0.2, 0) is 12.4 Å². The molecule has 1 atom stereocenters. The number of β-amino-alcohol motifs (C(OH)–C–C–N with tert-alkyl or cyclic N) is 1. The maximum absolute atomic E-state index is 12.8. The summed E-state index contributed by atoms with van der Waals surface area (Å²) in [5.74, 6) is 0.919. The molecule has 4 N–H and O–H groups in total. The summed E-state index contributed by atoms with van der Waals surface area (Å²) in [6.07, 6.45) is 0.331. The fourth-order valence-corrected chi connectivity index (χ4v) is 4.46. The number of hydrogen-bond acceptors (Lipinski definition) is 7. The normalized spacial score (nSPS) is 17.9. The van der Waals surface area contributed by atoms with Crippen LogP contribution < -0.4 is 16.0 Å². The summed E-state index contributed by atoms with van der Waals surface area (Å²) in [7, 11) is 0. The minimum Gasteiger partial charge on any atom is -0.390 e. The number of benzene rings is 1. The van der Waals surface area contributed by atoms with E-state index in [0.717, 1.165) is 32.6 Å². The topological polar surface area (TPSA) is 102 Å². The van der Waals surface area contributed by atoms with Gasteiger partial charge in [0.15, 0.2) is 5.26 Å². The van der Waals surface area contributed by atoms with E-state index in [0.29, 0.717) is 29.9 Å². The van der Waals surface area contributed by atoms with Crippen LogP contribution >= 0.6 is 67.8 Å². The fourth-order valence-electron chi connectivity index (χ4n) is 3.74. The van der Waals surface area contributed by atoms with Gasteiger partial charge in [-0.3, -0.25) is 9.69 Å². The van der Waals surface area contributed by atoms with Gasteiger partial charge in [0.2, 0.25) is 0 Å². The predicted molar refractivity (Wildman–Crippen MR) is 150 cm³/mol. The predicted octanol–water partition coefficient (Wildman–Crippen LogP) is 2.42. The number of alkyl halides is 3. The number of halogens is 3. The maximum Gasteiger partial charge on any atom is 0.270 e. The van der Waals surface area contributed by atoms with Gasteiger partial charge in [-0.2, -0.15) is 0 Å². The van der Waals surface area contributed by atoms with Crippen LogP contribution in [0.2, 0.25) is 0 Å². The van der Waals surface area contributed by atoms with E-state index in [1.165, 1.54) is 11.1 Å². The first-order valence-electron chi connectivity index (χ1n) is 10.5. The number of amides is 1. The number of nitrogens with zero attached hydrogens (tertiary/aromatic N) is 3. The molecule has 0 aliphatic carbocycles. The molecule has 1 saturated heterocycles. The first-order valence-corrected chi connectivity index (χ1v) is 13.7. The van der Waals surface area contributed by atoms with E-state index in [4.69, 9.17) is 0 Å². The molecule has 1 amide bonds. The number of fused-ring (bicyclic) bond motifs is 1. The summed E-state index contributed by atoms with van der Waals surface area (Å²) in [5, 5.41) is 19.9. The zero-order valence-electron chi connectivity index (χ0n) is 17.3. The number of aliphatic hydroxyl groups is 1. The van der Waals surface area contributed by atoms with E-state index in [1.54, 1.807) is 6.07 Å². The summed E-state index contributed by atoms with van der Waals surface area (Å²) in [4.78, 5) is 24.1. The van der Waals surface area contributed by atoms with E-state index < -0.39 is 6.10 Å². The monoisotopic (exact) mass is 774 g/mol. The third kappa shape index (κ3) is 6.61. The van der Waals surface area contributed by atoms with Gasteiger partial charge in [0.25, 0.3) is 5.91 Å². The van der Waals surface area contributed by atoms with Gasteiger partial charge in [-0.1, -0.05) is 24.3 Å². The smallest absolute Gasteiger partial charge is 0.270 e. The summed E-state index contributed by atoms with van der Waals surface area (Å²) < 4.78 is -0.373. The first-order chi connectivity index (χ1) is 15.3. The van der Waals surface area contributed by atoms with Gasteiger partial charge in [0.05, 0.1) is 12.1 Å². The largest absolute Gasteiger partial charge is 0.390 e. The van der Waals surface area contributed by atoms with Crippen LogP contribution in [0.1, 0.15) is 27.4 Å². The van der Waals surface area contributed by atoms with Crippen molar-refractivity contribution < 1.29 is 9.90 Å². The summed E-state index contributed by atoms with van der Waals surface area (Å²) in [6, 6.07) is 10.4. The van der Waals surface area contributed by atoms with Crippen LogP contribution in [0.4, 0.5) is 5.82 Å². The lowest BCUT2D eigenvalue weighted by Gasteiger charge is -2.30. The summed E-state index contributed by atoms with van der Waals surface area (Å²) in [5.41, 5.74) is 2.99. The molecule has 2 aromatic rings. The van der Waals surface area contributed by atoms with Crippen molar-refractivity contribution in [2.75, 3.05) is 38.0 Å². The van der Waals surface area contributed by atoms with E-state index in [1.807, 2.05) is 0 Å². The number of aromatic nitrogens is 2. The Kier molecular flexibility index (Phi) is 8.45. The molecule has 0 saturated carbocycles. The van der Waals surface area contributed by atoms with Gasteiger partial charge in [-0.15, -0.1) is 0 Å². The SMILES string of the molecule is O=C(NC[C@H](O)CN1CCc2ccccc2C1)c1cc(NC2CNC2)nc(C(I)(I)I)n1. The molecule has 32 heavy (non-hydrogen) atoms. The second-order valence-electron chi connectivity index (χ2n) is 8.08. The highest BCUT2D eigenvalue weighted by molar-refractivity contribution is 14.3. The van der Waals surface area contributed by atoms with Crippen molar-refractivity contribution >= 4 is 79.5 Å². The van der Waals surface area contributed by atoms with Crippen molar-refractivity contribution in [3.8, 4) is 0 Å². The van der Waals surface area contributed by atoms with Crippen molar-refractivity contribution in [3.63, 3.8) is 0 Å². The van der Waals surface area contributed by atoms with Gasteiger partial charge in [-0.25, -0.2) is 9.97 Å². The van der Waals surface area contributed by atoms with Crippen molar-refractivity contribution in [1.82, 2.24) is 25.5 Å². The van der Waals surface area contributed by atoms with E-state index in [9.17, 15) is 9.90 Å². The Balaban J connectivity index is 1.35. The Morgan fingerprint density at radius 1 is 1.25 bits per heavy atom. The zero-order chi connectivity index (χ0) is 22.7. The lowest BCUT2D eigenvalue weighted by molar-refractivity contribution is 0.0838. The number of aliphatic hydroxyl groups excluding tert-OH is 1. The summed E-state index contributed by atoms with van der Waals surface area (Å²) >= 11 is 6.75. The van der Waals surface area contributed by atoms with Crippen molar-refractivity contribution in [2.24, 2.45) is 0 Å². The van der Waals surface area contributed by atoms with Crippen LogP contribution in [0.5, 0.6) is 0 Å². The highest BCUT2D eigenvalue weighted by Gasteiger charge is 2.28. The molecule has 1 fully saturated rings. The molecule has 172 valence electrons. The molecule has 8 nitrogen and oxygen atoms in total. The van der Waals surface area contributed by atoms with Gasteiger partial charge in [-0.05, 0) is 85.3 Å². The van der Waals surface area contributed by atoms with Gasteiger partial charge in [0, 0.05) is 45.3 Å². The van der Waals surface area contributed by atoms with E-state index in [2.05, 4.69) is 123 Å². The molecule has 0 bridgehead atoms. The second kappa shape index (κ2) is 10.9. The third-order valence-corrected chi connectivity index (χ3v) is 6.97. The molecule has 0 radical (unpaired) electrons. The second-order valence-corrected chi connectivity index (χ2v) is 19.1. The minimum absolute atomic E-state index is 0.176. The molecular weight excluding hydrogens is 749 g/mol. The molecule has 2 aliphatic rings. The lowest BCUT2D eigenvalue weighted by atomic mass is 10.00. The molecule has 4 rings (SSSR count). The molecule has 1 aromatic carbocycles. The molecule has 1 aromatic heterocycles. The molecule has 0 unspecified atom stereocenters. The van der Waals surface area contributed by atoms with Crippen LogP contribution in [-0.4, -0.2) is 70.8 Å². The van der Waals surface area contributed by atoms with Crippen molar-refractivity contribution in [3.05, 3.63) is 53.0 Å². The summed E-state index contributed by atoms with van der Waals surface area (Å²) in [6.45, 7) is 4.17. The molecule has 11 heteroatoms. The first kappa shape index (κ1) is 24.8. The quantitative estimate of drug-likeness (QED) is 0.242. The Hall–Kier alpha value is -0.360. The Bertz CT molecular complexity index is 967. The van der Waals surface area contributed by atoms with Crippen LogP contribution in [0.3, 0.4) is 0 Å². The maximum atomic E-state index is 12.8. The number of carbonyl (C=O) groups excluding carboxylic acids is 1. The molecular formula is C21H25I3N6O2. The number of carbonyl (C=O) groups is 1. The van der Waals surface area contributed by atoms with Gasteiger partial charge >= 0.3 is 0 Å². The fraction of sp³-hybridized carbons (Fsp3) is 0.476. The highest BCUT2D eigenvalue weighted by atomic mass is 127. The highest BCUT2D eigenvalue weighted by Crippen LogP contribution is 2.44. The van der Waals surface area contributed by atoms with Crippen LogP contribution in [0.15, 0.2) is 30.3 Å². The average Bonchev–Trinajstić information content (AvgIpc) is 2.73. The molecule has 2 aliphatic heterocycles. The zero-order valence-corrected chi connectivity index (χ0v) is 23.8. The Morgan fingerprint density at radius 3 is 2.69 bits per heavy atom. The molecule has 0 spiro atoms. The number of hydrogen-bond donors (Lipinski definition) is 4. The van der Waals surface area contributed by atoms with E-state index in [-0.39, 0.29) is 11.9 Å². The Morgan fingerprint density at radius 2 is 2.00 bits per heavy atom. The standard InChI is InChI=1S/C21H25I3N6O2/c22-21(23,24)20-28-17(7-18(29-20)27-15-8-25-9-15)19(32)26-10-16(31)12-30-6-5-13-3-1-2-4-14(13)11-30/h1-4,7,15-16,25,31H,5-6,8-12H2,(H,26,32)(H,27,28,29)/t16-/m0/s1. The van der Waals surface area contributed by atoms with Gasteiger partial charge in [0.1, 0.15) is 11.5 Å². The van der Waals surface area contributed by atoms with Crippen LogP contribution in [0, 0.1) is 0 Å². The van der Waals surface area contributed by atoms with E-state index >= 15 is 0 Å². The Labute approximate surface area is 228 Å².